The third-order valence-corrected chi connectivity index (χ3v) is 3.20. The van der Waals surface area contributed by atoms with Crippen LogP contribution in [0.5, 0.6) is 17.2 Å². The molecule has 0 unspecified atom stereocenters. The molecule has 0 aliphatic rings. The van der Waals surface area contributed by atoms with Crippen molar-refractivity contribution in [2.45, 2.75) is 13.0 Å². The average molecular weight is 338 g/mol. The van der Waals surface area contributed by atoms with Gasteiger partial charge in [0.25, 0.3) is 0 Å². The second kappa shape index (κ2) is 8.49. The van der Waals surface area contributed by atoms with E-state index in [9.17, 15) is 8.78 Å². The van der Waals surface area contributed by atoms with E-state index in [0.29, 0.717) is 31.3 Å². The molecule has 0 bridgehead atoms. The van der Waals surface area contributed by atoms with Crippen LogP contribution in [0.25, 0.3) is 0 Å². The van der Waals surface area contributed by atoms with Crippen LogP contribution in [0, 0.1) is 0 Å². The van der Waals surface area contributed by atoms with Gasteiger partial charge >= 0.3 is 6.11 Å². The number of ether oxygens (including phenoxy) is 4. The summed E-state index contributed by atoms with van der Waals surface area (Å²) < 4.78 is 48.6. The Kier molecular flexibility index (Phi) is 6.37. The molecular weight excluding hydrogens is 318 g/mol. The van der Waals surface area contributed by atoms with Gasteiger partial charge in [-0.15, -0.1) is 0 Å². The lowest BCUT2D eigenvalue weighted by atomic mass is 10.2. The number of benzene rings is 2. The molecule has 0 aromatic heterocycles. The normalized spacial score (nSPS) is 11.2. The van der Waals surface area contributed by atoms with E-state index in [0.717, 1.165) is 0 Å². The number of rotatable bonds is 9. The van der Waals surface area contributed by atoms with E-state index >= 15 is 0 Å². The van der Waals surface area contributed by atoms with Crippen LogP contribution in [-0.2, 0) is 10.8 Å². The zero-order valence-corrected chi connectivity index (χ0v) is 13.6. The van der Waals surface area contributed by atoms with Crippen LogP contribution in [0.3, 0.4) is 0 Å². The van der Waals surface area contributed by atoms with Gasteiger partial charge < -0.3 is 18.9 Å². The first-order chi connectivity index (χ1) is 11.5. The molecule has 0 amide bonds. The van der Waals surface area contributed by atoms with Gasteiger partial charge in [-0.05, 0) is 55.5 Å². The Balaban J connectivity index is 1.95. The molecule has 2 aromatic rings. The van der Waals surface area contributed by atoms with Gasteiger partial charge in [-0.2, -0.15) is 8.78 Å². The molecule has 0 saturated heterocycles. The first-order valence-corrected chi connectivity index (χ1v) is 7.57. The number of hydrogen-bond donors (Lipinski definition) is 0. The third-order valence-electron chi connectivity index (χ3n) is 3.20. The fourth-order valence-electron chi connectivity index (χ4n) is 1.96. The summed E-state index contributed by atoms with van der Waals surface area (Å²) in [6.45, 7) is 3.39. The minimum absolute atomic E-state index is 0.0491. The number of methoxy groups -OCH3 is 1. The van der Waals surface area contributed by atoms with Crippen molar-refractivity contribution in [1.82, 2.24) is 0 Å². The number of halogens is 2. The summed E-state index contributed by atoms with van der Waals surface area (Å²) in [6, 6.07) is 11.5. The monoisotopic (exact) mass is 338 g/mol. The SMILES string of the molecule is CCOCCOc1ccc(OC(F)(F)c2ccc(OC)cc2)cc1. The van der Waals surface area contributed by atoms with Crippen molar-refractivity contribution in [3.8, 4) is 17.2 Å². The first-order valence-electron chi connectivity index (χ1n) is 7.57. The lowest BCUT2D eigenvalue weighted by Gasteiger charge is -2.18. The molecule has 0 atom stereocenters. The molecule has 24 heavy (non-hydrogen) atoms. The van der Waals surface area contributed by atoms with E-state index in [-0.39, 0.29) is 11.3 Å². The average Bonchev–Trinajstić information content (AvgIpc) is 2.60. The second-order valence-corrected chi connectivity index (χ2v) is 4.86. The van der Waals surface area contributed by atoms with Crippen molar-refractivity contribution in [3.05, 3.63) is 54.1 Å². The maximum Gasteiger partial charge on any atom is 0.426 e. The lowest BCUT2D eigenvalue weighted by Crippen LogP contribution is -2.21. The molecule has 130 valence electrons. The third kappa shape index (κ3) is 5.09. The van der Waals surface area contributed by atoms with Gasteiger partial charge in [0.05, 0.1) is 19.3 Å². The minimum Gasteiger partial charge on any atom is -0.497 e. The smallest absolute Gasteiger partial charge is 0.426 e. The molecule has 0 spiro atoms. The van der Waals surface area contributed by atoms with Crippen molar-refractivity contribution in [1.29, 1.82) is 0 Å². The molecule has 0 heterocycles. The van der Waals surface area contributed by atoms with Crippen molar-refractivity contribution in [2.75, 3.05) is 26.9 Å². The zero-order valence-electron chi connectivity index (χ0n) is 13.6. The van der Waals surface area contributed by atoms with Crippen molar-refractivity contribution in [2.24, 2.45) is 0 Å². The van der Waals surface area contributed by atoms with E-state index in [1.54, 1.807) is 12.1 Å². The van der Waals surface area contributed by atoms with Gasteiger partial charge in [0.15, 0.2) is 0 Å². The zero-order chi connectivity index (χ0) is 17.4. The van der Waals surface area contributed by atoms with Gasteiger partial charge in [0.1, 0.15) is 23.9 Å². The minimum atomic E-state index is -3.44. The molecule has 0 saturated carbocycles. The highest BCUT2D eigenvalue weighted by atomic mass is 19.3. The molecular formula is C18H20F2O4. The second-order valence-electron chi connectivity index (χ2n) is 4.86. The standard InChI is InChI=1S/C18H20F2O4/c1-3-22-12-13-23-16-8-10-17(11-9-16)24-18(19,20)14-4-6-15(21-2)7-5-14/h4-11H,3,12-13H2,1-2H3. The largest absolute Gasteiger partial charge is 0.497 e. The molecule has 0 N–H and O–H groups in total. The summed E-state index contributed by atoms with van der Waals surface area (Å²) in [5.41, 5.74) is -0.250. The topological polar surface area (TPSA) is 36.9 Å². The van der Waals surface area contributed by atoms with Crippen LogP contribution < -0.4 is 14.2 Å². The molecule has 2 aromatic carbocycles. The van der Waals surface area contributed by atoms with Crippen LogP contribution in [-0.4, -0.2) is 26.9 Å². The summed E-state index contributed by atoms with van der Waals surface area (Å²) in [4.78, 5) is 0. The fraction of sp³-hybridized carbons (Fsp3) is 0.333. The molecule has 2 rings (SSSR count). The van der Waals surface area contributed by atoms with E-state index in [4.69, 9.17) is 18.9 Å². The van der Waals surface area contributed by atoms with Crippen molar-refractivity contribution in [3.63, 3.8) is 0 Å². The predicted molar refractivity (Wildman–Crippen MR) is 85.9 cm³/mol. The number of hydrogen-bond acceptors (Lipinski definition) is 4. The molecule has 0 radical (unpaired) electrons. The molecule has 0 aliphatic heterocycles. The summed E-state index contributed by atoms with van der Waals surface area (Å²) >= 11 is 0. The first kappa shape index (κ1) is 18.0. The Hall–Kier alpha value is -2.34. The van der Waals surface area contributed by atoms with E-state index < -0.39 is 6.11 Å². The Bertz CT molecular complexity index is 612. The van der Waals surface area contributed by atoms with Gasteiger partial charge in [-0.3, -0.25) is 0 Å². The highest BCUT2D eigenvalue weighted by molar-refractivity contribution is 5.33. The van der Waals surface area contributed by atoms with Gasteiger partial charge in [0, 0.05) is 6.61 Å². The Morgan fingerprint density at radius 2 is 1.42 bits per heavy atom. The van der Waals surface area contributed by atoms with E-state index in [1.165, 1.54) is 43.5 Å². The van der Waals surface area contributed by atoms with Crippen molar-refractivity contribution >= 4 is 0 Å². The Labute approximate surface area is 139 Å². The summed E-state index contributed by atoms with van der Waals surface area (Å²) in [5, 5.41) is 0. The fourth-order valence-corrected chi connectivity index (χ4v) is 1.96. The molecule has 4 nitrogen and oxygen atoms in total. The summed E-state index contributed by atoms with van der Waals surface area (Å²) in [6.07, 6.45) is -3.44. The van der Waals surface area contributed by atoms with Gasteiger partial charge in [0.2, 0.25) is 0 Å². The maximum absolute atomic E-state index is 14.2. The van der Waals surface area contributed by atoms with Crippen LogP contribution in [0.1, 0.15) is 12.5 Å². The number of alkyl halides is 2. The Morgan fingerprint density at radius 1 is 0.833 bits per heavy atom. The molecule has 6 heteroatoms. The van der Waals surface area contributed by atoms with E-state index in [1.807, 2.05) is 6.92 Å². The summed E-state index contributed by atoms with van der Waals surface area (Å²) in [7, 11) is 1.47. The van der Waals surface area contributed by atoms with E-state index in [2.05, 4.69) is 0 Å². The lowest BCUT2D eigenvalue weighted by molar-refractivity contribution is -0.185. The quantitative estimate of drug-likeness (QED) is 0.641. The Morgan fingerprint density at radius 3 is 2.00 bits per heavy atom. The highest BCUT2D eigenvalue weighted by Crippen LogP contribution is 2.33. The van der Waals surface area contributed by atoms with Gasteiger partial charge in [-0.1, -0.05) is 0 Å². The van der Waals surface area contributed by atoms with Crippen molar-refractivity contribution < 1.29 is 27.7 Å². The maximum atomic E-state index is 14.2. The van der Waals surface area contributed by atoms with Crippen LogP contribution in [0.15, 0.2) is 48.5 Å². The highest BCUT2D eigenvalue weighted by Gasteiger charge is 2.34. The van der Waals surface area contributed by atoms with Crippen LogP contribution in [0.4, 0.5) is 8.78 Å². The van der Waals surface area contributed by atoms with Crippen LogP contribution in [0.2, 0.25) is 0 Å². The van der Waals surface area contributed by atoms with Crippen LogP contribution >= 0.6 is 0 Å². The van der Waals surface area contributed by atoms with Gasteiger partial charge in [-0.25, -0.2) is 0 Å². The molecule has 0 fully saturated rings. The summed E-state index contributed by atoms with van der Waals surface area (Å²) in [5.74, 6) is 1.12. The predicted octanol–water partition coefficient (Wildman–Crippen LogP) is 4.24. The molecule has 0 aliphatic carbocycles.